The molecule has 0 saturated heterocycles. The number of phenols is 2. The van der Waals surface area contributed by atoms with Crippen molar-refractivity contribution in [3.05, 3.63) is 33.9 Å². The maximum absolute atomic E-state index is 13.4. The maximum Gasteiger partial charge on any atom is 0.372 e. The summed E-state index contributed by atoms with van der Waals surface area (Å²) >= 11 is 0. The van der Waals surface area contributed by atoms with Gasteiger partial charge in [-0.1, -0.05) is 6.92 Å². The fourth-order valence-electron chi connectivity index (χ4n) is 1.68. The highest BCUT2D eigenvalue weighted by molar-refractivity contribution is 5.88. The van der Waals surface area contributed by atoms with Gasteiger partial charge in [0.05, 0.1) is 5.39 Å². The molecular weight excluding hydrogens is 215 g/mol. The Balaban J connectivity index is 3.03. The predicted molar refractivity (Wildman–Crippen MR) is 55.1 cm³/mol. The van der Waals surface area contributed by atoms with E-state index in [0.717, 1.165) is 12.1 Å². The number of halogens is 1. The van der Waals surface area contributed by atoms with Crippen LogP contribution in [0.1, 0.15) is 12.5 Å². The van der Waals surface area contributed by atoms with E-state index in [1.807, 2.05) is 0 Å². The minimum atomic E-state index is -1.10. The third-order valence-electron chi connectivity index (χ3n) is 2.37. The SMILES string of the molecule is CCc1c(F)c(=O)oc2cc(O)cc(O)c12. The van der Waals surface area contributed by atoms with Crippen LogP contribution in [-0.2, 0) is 6.42 Å². The Kier molecular flexibility index (Phi) is 2.30. The van der Waals surface area contributed by atoms with E-state index >= 15 is 0 Å². The lowest BCUT2D eigenvalue weighted by Crippen LogP contribution is -2.08. The van der Waals surface area contributed by atoms with Gasteiger partial charge < -0.3 is 14.6 Å². The third kappa shape index (κ3) is 1.41. The van der Waals surface area contributed by atoms with Gasteiger partial charge in [-0.05, 0) is 6.42 Å². The molecule has 2 aromatic rings. The topological polar surface area (TPSA) is 70.7 Å². The molecule has 0 spiro atoms. The van der Waals surface area contributed by atoms with Gasteiger partial charge in [-0.2, -0.15) is 4.39 Å². The van der Waals surface area contributed by atoms with Gasteiger partial charge in [-0.3, -0.25) is 0 Å². The molecule has 16 heavy (non-hydrogen) atoms. The van der Waals surface area contributed by atoms with Crippen LogP contribution in [0.4, 0.5) is 4.39 Å². The number of phenolic OH excluding ortho intramolecular Hbond substituents is 2. The summed E-state index contributed by atoms with van der Waals surface area (Å²) in [7, 11) is 0. The second-order valence-electron chi connectivity index (χ2n) is 3.37. The molecule has 0 aliphatic heterocycles. The van der Waals surface area contributed by atoms with Crippen molar-refractivity contribution in [3.63, 3.8) is 0 Å². The van der Waals surface area contributed by atoms with Crippen molar-refractivity contribution in [3.8, 4) is 11.5 Å². The lowest BCUT2D eigenvalue weighted by Gasteiger charge is -2.06. The standard InChI is InChI=1S/C11H9FO4/c1-2-6-9-7(14)3-5(13)4-8(9)16-11(15)10(6)12/h3-4,13-14H,2H2,1H3. The van der Waals surface area contributed by atoms with E-state index in [2.05, 4.69) is 4.42 Å². The zero-order chi connectivity index (χ0) is 11.9. The van der Waals surface area contributed by atoms with Gasteiger partial charge in [0.15, 0.2) is 0 Å². The fourth-order valence-corrected chi connectivity index (χ4v) is 1.68. The van der Waals surface area contributed by atoms with Crippen LogP contribution < -0.4 is 5.63 Å². The van der Waals surface area contributed by atoms with Crippen molar-refractivity contribution in [2.45, 2.75) is 13.3 Å². The van der Waals surface area contributed by atoms with Crippen LogP contribution in [0.15, 0.2) is 21.3 Å². The second-order valence-corrected chi connectivity index (χ2v) is 3.37. The van der Waals surface area contributed by atoms with Crippen molar-refractivity contribution in [1.29, 1.82) is 0 Å². The summed E-state index contributed by atoms with van der Waals surface area (Å²) < 4.78 is 18.1. The zero-order valence-corrected chi connectivity index (χ0v) is 8.45. The van der Waals surface area contributed by atoms with Gasteiger partial charge in [0, 0.05) is 17.7 Å². The molecule has 1 aromatic heterocycles. The summed E-state index contributed by atoms with van der Waals surface area (Å²) in [5.74, 6) is -1.56. The molecule has 0 atom stereocenters. The highest BCUT2D eigenvalue weighted by Crippen LogP contribution is 2.32. The Morgan fingerprint density at radius 1 is 1.38 bits per heavy atom. The van der Waals surface area contributed by atoms with Gasteiger partial charge in [-0.15, -0.1) is 0 Å². The fraction of sp³-hybridized carbons (Fsp3) is 0.182. The number of rotatable bonds is 1. The smallest absolute Gasteiger partial charge is 0.372 e. The molecule has 0 saturated carbocycles. The molecule has 0 bridgehead atoms. The van der Waals surface area contributed by atoms with Gasteiger partial charge in [0.25, 0.3) is 0 Å². The number of hydrogen-bond acceptors (Lipinski definition) is 4. The van der Waals surface area contributed by atoms with Crippen LogP contribution in [-0.4, -0.2) is 10.2 Å². The Bertz CT molecular complexity index is 615. The van der Waals surface area contributed by atoms with E-state index in [9.17, 15) is 19.4 Å². The van der Waals surface area contributed by atoms with Gasteiger partial charge in [0.1, 0.15) is 17.1 Å². The summed E-state index contributed by atoms with van der Waals surface area (Å²) in [5, 5.41) is 18.9. The number of fused-ring (bicyclic) bond motifs is 1. The molecule has 5 heteroatoms. The van der Waals surface area contributed by atoms with Crippen LogP contribution in [0.5, 0.6) is 11.5 Å². The maximum atomic E-state index is 13.4. The first-order chi connectivity index (χ1) is 7.54. The average Bonchev–Trinajstić information content (AvgIpc) is 2.20. The van der Waals surface area contributed by atoms with E-state index in [0.29, 0.717) is 0 Å². The Hall–Kier alpha value is -2.04. The Morgan fingerprint density at radius 2 is 2.06 bits per heavy atom. The van der Waals surface area contributed by atoms with Crippen LogP contribution in [0.3, 0.4) is 0 Å². The first kappa shape index (κ1) is 10.5. The predicted octanol–water partition coefficient (Wildman–Crippen LogP) is 1.91. The van der Waals surface area contributed by atoms with E-state index < -0.39 is 11.4 Å². The third-order valence-corrected chi connectivity index (χ3v) is 2.37. The summed E-state index contributed by atoms with van der Waals surface area (Å²) in [6.07, 6.45) is 0.242. The molecule has 0 amide bonds. The monoisotopic (exact) mass is 224 g/mol. The average molecular weight is 224 g/mol. The van der Waals surface area contributed by atoms with Crippen molar-refractivity contribution < 1.29 is 19.0 Å². The first-order valence-corrected chi connectivity index (χ1v) is 4.71. The Morgan fingerprint density at radius 3 is 2.69 bits per heavy atom. The molecule has 0 aliphatic rings. The molecule has 2 rings (SSSR count). The van der Waals surface area contributed by atoms with Crippen LogP contribution >= 0.6 is 0 Å². The molecule has 0 fully saturated rings. The molecule has 2 N–H and O–H groups in total. The molecule has 84 valence electrons. The Labute approximate surface area is 89.6 Å². The van der Waals surface area contributed by atoms with E-state index in [1.54, 1.807) is 6.92 Å². The van der Waals surface area contributed by atoms with Crippen molar-refractivity contribution in [2.24, 2.45) is 0 Å². The lowest BCUT2D eigenvalue weighted by atomic mass is 10.1. The summed E-state index contributed by atoms with van der Waals surface area (Å²) in [4.78, 5) is 11.1. The zero-order valence-electron chi connectivity index (χ0n) is 8.45. The number of hydrogen-bond donors (Lipinski definition) is 2. The molecule has 0 unspecified atom stereocenters. The molecular formula is C11H9FO4. The van der Waals surface area contributed by atoms with E-state index in [1.165, 1.54) is 0 Å². The summed E-state index contributed by atoms with van der Waals surface area (Å²) in [5.41, 5.74) is -1.04. The quantitative estimate of drug-likeness (QED) is 0.726. The van der Waals surface area contributed by atoms with Gasteiger partial charge in [-0.25, -0.2) is 4.79 Å². The van der Waals surface area contributed by atoms with Gasteiger partial charge >= 0.3 is 5.63 Å². The van der Waals surface area contributed by atoms with Crippen LogP contribution in [0, 0.1) is 5.82 Å². The number of aromatic hydroxyl groups is 2. The summed E-state index contributed by atoms with van der Waals surface area (Å²) in [6.45, 7) is 1.66. The first-order valence-electron chi connectivity index (χ1n) is 4.71. The number of benzene rings is 1. The van der Waals surface area contributed by atoms with Crippen LogP contribution in [0.25, 0.3) is 11.0 Å². The highest BCUT2D eigenvalue weighted by atomic mass is 19.1. The largest absolute Gasteiger partial charge is 0.508 e. The van der Waals surface area contributed by atoms with Crippen molar-refractivity contribution in [1.82, 2.24) is 0 Å². The molecule has 1 aromatic carbocycles. The van der Waals surface area contributed by atoms with Crippen molar-refractivity contribution in [2.75, 3.05) is 0 Å². The van der Waals surface area contributed by atoms with E-state index in [4.69, 9.17) is 0 Å². The molecule has 4 nitrogen and oxygen atoms in total. The number of aryl methyl sites for hydroxylation is 1. The van der Waals surface area contributed by atoms with Crippen molar-refractivity contribution >= 4 is 11.0 Å². The lowest BCUT2D eigenvalue weighted by molar-refractivity contribution is 0.443. The van der Waals surface area contributed by atoms with E-state index in [-0.39, 0.29) is 34.5 Å². The normalized spacial score (nSPS) is 10.9. The highest BCUT2D eigenvalue weighted by Gasteiger charge is 2.16. The molecule has 1 heterocycles. The minimum absolute atomic E-state index is 0.0271. The summed E-state index contributed by atoms with van der Waals surface area (Å²) in [6, 6.07) is 2.23. The molecule has 0 radical (unpaired) electrons. The van der Waals surface area contributed by atoms with Gasteiger partial charge in [0.2, 0.25) is 5.82 Å². The molecule has 0 aliphatic carbocycles. The van der Waals surface area contributed by atoms with Crippen LogP contribution in [0.2, 0.25) is 0 Å². The minimum Gasteiger partial charge on any atom is -0.508 e. The second kappa shape index (κ2) is 3.52.